The highest BCUT2D eigenvalue weighted by molar-refractivity contribution is 9.10. The van der Waals surface area contributed by atoms with Crippen molar-refractivity contribution >= 4 is 15.9 Å². The second-order valence-electron chi connectivity index (χ2n) is 3.75. The molecule has 0 amide bonds. The normalized spacial score (nSPS) is 11.8. The summed E-state index contributed by atoms with van der Waals surface area (Å²) in [4.78, 5) is 0. The van der Waals surface area contributed by atoms with Crippen molar-refractivity contribution in [2.45, 2.75) is 6.10 Å². The molecule has 0 aliphatic rings. The fourth-order valence-corrected chi connectivity index (χ4v) is 1.93. The summed E-state index contributed by atoms with van der Waals surface area (Å²) in [5, 5.41) is 18.4. The molecular weight excluding hydrogens is 294 g/mol. The second kappa shape index (κ2) is 5.21. The Hall–Kier alpha value is -1.83. The van der Waals surface area contributed by atoms with Crippen molar-refractivity contribution in [3.63, 3.8) is 0 Å². The van der Waals surface area contributed by atoms with Gasteiger partial charge < -0.3 is 9.52 Å². The van der Waals surface area contributed by atoms with E-state index in [0.717, 1.165) is 10.0 Å². The number of benzene rings is 1. The summed E-state index contributed by atoms with van der Waals surface area (Å²) in [5.41, 5.74) is 0.954. The molecule has 0 bridgehead atoms. The van der Waals surface area contributed by atoms with E-state index in [2.05, 4.69) is 22.5 Å². The molecule has 1 atom stereocenters. The summed E-state index contributed by atoms with van der Waals surface area (Å²) in [6, 6.07) is 12.8. The van der Waals surface area contributed by atoms with Crippen molar-refractivity contribution in [3.05, 3.63) is 58.8 Å². The molecule has 1 aromatic heterocycles. The van der Waals surface area contributed by atoms with Gasteiger partial charge >= 0.3 is 0 Å². The molecule has 1 unspecified atom stereocenters. The zero-order valence-corrected chi connectivity index (χ0v) is 11.0. The number of nitrogens with zero attached hydrogens (tertiary/aromatic N) is 1. The summed E-state index contributed by atoms with van der Waals surface area (Å²) in [7, 11) is 0. The van der Waals surface area contributed by atoms with Crippen LogP contribution < -0.4 is 0 Å². The fourth-order valence-electron chi connectivity index (χ4n) is 1.53. The Bertz CT molecular complexity index is 625. The lowest BCUT2D eigenvalue weighted by Gasteiger charge is -2.04. The van der Waals surface area contributed by atoms with Crippen LogP contribution in [0.5, 0.6) is 0 Å². The first-order valence-corrected chi connectivity index (χ1v) is 6.03. The van der Waals surface area contributed by atoms with Crippen molar-refractivity contribution in [1.29, 1.82) is 5.26 Å². The standard InChI is InChI=1S/C14H10BrNO2/c1-9(8-16)14(17)13-6-5-12(18-13)10-3-2-4-11(15)7-10/h2-7,14,17H,1H2. The zero-order valence-electron chi connectivity index (χ0n) is 9.43. The molecule has 0 radical (unpaired) electrons. The van der Waals surface area contributed by atoms with Gasteiger partial charge in [-0.15, -0.1) is 0 Å². The average molecular weight is 304 g/mol. The van der Waals surface area contributed by atoms with Gasteiger partial charge in [-0.25, -0.2) is 0 Å². The third-order valence-corrected chi connectivity index (χ3v) is 2.97. The number of rotatable bonds is 3. The quantitative estimate of drug-likeness (QED) is 0.877. The van der Waals surface area contributed by atoms with Gasteiger partial charge in [0.05, 0.1) is 11.6 Å². The summed E-state index contributed by atoms with van der Waals surface area (Å²) in [6.07, 6.45) is -1.09. The molecule has 0 saturated heterocycles. The van der Waals surface area contributed by atoms with E-state index in [4.69, 9.17) is 9.68 Å². The minimum Gasteiger partial charge on any atom is -0.458 e. The van der Waals surface area contributed by atoms with E-state index in [1.165, 1.54) is 0 Å². The second-order valence-corrected chi connectivity index (χ2v) is 4.67. The maximum Gasteiger partial charge on any atom is 0.146 e. The summed E-state index contributed by atoms with van der Waals surface area (Å²) in [5.74, 6) is 0.951. The largest absolute Gasteiger partial charge is 0.458 e. The van der Waals surface area contributed by atoms with Crippen LogP contribution in [-0.4, -0.2) is 5.11 Å². The Balaban J connectivity index is 2.32. The summed E-state index contributed by atoms with van der Waals surface area (Å²) in [6.45, 7) is 3.47. The highest BCUT2D eigenvalue weighted by atomic mass is 79.9. The molecule has 1 N–H and O–H groups in total. The van der Waals surface area contributed by atoms with Gasteiger partial charge in [-0.1, -0.05) is 34.6 Å². The molecular formula is C14H10BrNO2. The Morgan fingerprint density at radius 3 is 2.83 bits per heavy atom. The van der Waals surface area contributed by atoms with Gasteiger partial charge in [-0.3, -0.25) is 0 Å². The number of nitriles is 1. The maximum absolute atomic E-state index is 9.78. The van der Waals surface area contributed by atoms with Crippen LogP contribution in [0.1, 0.15) is 11.9 Å². The molecule has 0 aliphatic carbocycles. The Morgan fingerprint density at radius 1 is 1.39 bits per heavy atom. The molecule has 1 heterocycles. The Labute approximate surface area is 113 Å². The zero-order chi connectivity index (χ0) is 13.1. The molecule has 90 valence electrons. The van der Waals surface area contributed by atoms with Gasteiger partial charge in [0.1, 0.15) is 17.6 Å². The topological polar surface area (TPSA) is 57.2 Å². The summed E-state index contributed by atoms with van der Waals surface area (Å²) < 4.78 is 6.47. The molecule has 0 spiro atoms. The van der Waals surface area contributed by atoms with Crippen LogP contribution in [0.15, 0.2) is 57.4 Å². The molecule has 2 aromatic rings. The average Bonchev–Trinajstić information content (AvgIpc) is 2.86. The Kier molecular flexibility index (Phi) is 3.66. The first kappa shape index (κ1) is 12.6. The summed E-state index contributed by atoms with van der Waals surface area (Å²) >= 11 is 3.38. The van der Waals surface area contributed by atoms with Crippen LogP contribution in [0.2, 0.25) is 0 Å². The Morgan fingerprint density at radius 2 is 2.17 bits per heavy atom. The molecule has 0 saturated carbocycles. The van der Waals surface area contributed by atoms with Gasteiger partial charge in [0.2, 0.25) is 0 Å². The minimum atomic E-state index is -1.09. The molecule has 0 fully saturated rings. The maximum atomic E-state index is 9.78. The highest BCUT2D eigenvalue weighted by Gasteiger charge is 2.16. The third kappa shape index (κ3) is 2.53. The van der Waals surface area contributed by atoms with E-state index in [9.17, 15) is 5.11 Å². The van der Waals surface area contributed by atoms with Gasteiger partial charge in [-0.2, -0.15) is 5.26 Å². The van der Waals surface area contributed by atoms with Crippen molar-refractivity contribution in [2.24, 2.45) is 0 Å². The van der Waals surface area contributed by atoms with Gasteiger partial charge in [0.15, 0.2) is 0 Å². The predicted molar refractivity (Wildman–Crippen MR) is 71.6 cm³/mol. The van der Waals surface area contributed by atoms with Crippen molar-refractivity contribution in [3.8, 4) is 17.4 Å². The molecule has 2 rings (SSSR count). The van der Waals surface area contributed by atoms with E-state index in [1.54, 1.807) is 12.1 Å². The SMILES string of the molecule is C=C(C#N)C(O)c1ccc(-c2cccc(Br)c2)o1. The van der Waals surface area contributed by atoms with Crippen molar-refractivity contribution in [2.75, 3.05) is 0 Å². The lowest BCUT2D eigenvalue weighted by atomic mass is 10.1. The van der Waals surface area contributed by atoms with E-state index >= 15 is 0 Å². The van der Waals surface area contributed by atoms with E-state index < -0.39 is 6.10 Å². The first-order chi connectivity index (χ1) is 8.61. The van der Waals surface area contributed by atoms with Crippen LogP contribution in [0.4, 0.5) is 0 Å². The van der Waals surface area contributed by atoms with Crippen LogP contribution in [0.25, 0.3) is 11.3 Å². The van der Waals surface area contributed by atoms with Crippen LogP contribution in [0.3, 0.4) is 0 Å². The fraction of sp³-hybridized carbons (Fsp3) is 0.0714. The van der Waals surface area contributed by atoms with Crippen molar-refractivity contribution in [1.82, 2.24) is 0 Å². The molecule has 18 heavy (non-hydrogen) atoms. The number of aliphatic hydroxyl groups excluding tert-OH is 1. The molecule has 3 nitrogen and oxygen atoms in total. The lowest BCUT2D eigenvalue weighted by molar-refractivity contribution is 0.191. The number of hydrogen-bond acceptors (Lipinski definition) is 3. The van der Waals surface area contributed by atoms with Gasteiger partial charge in [0.25, 0.3) is 0 Å². The minimum absolute atomic E-state index is 0.0603. The van der Waals surface area contributed by atoms with Crippen molar-refractivity contribution < 1.29 is 9.52 Å². The number of furan rings is 1. The third-order valence-electron chi connectivity index (χ3n) is 2.48. The van der Waals surface area contributed by atoms with E-state index in [-0.39, 0.29) is 5.57 Å². The smallest absolute Gasteiger partial charge is 0.146 e. The van der Waals surface area contributed by atoms with Gasteiger partial charge in [-0.05, 0) is 24.3 Å². The number of aliphatic hydroxyl groups is 1. The molecule has 4 heteroatoms. The highest BCUT2D eigenvalue weighted by Crippen LogP contribution is 2.29. The monoisotopic (exact) mass is 303 g/mol. The van der Waals surface area contributed by atoms with E-state index in [1.807, 2.05) is 30.3 Å². The lowest BCUT2D eigenvalue weighted by Crippen LogP contribution is -1.96. The molecule has 1 aromatic carbocycles. The van der Waals surface area contributed by atoms with Gasteiger partial charge in [0, 0.05) is 10.0 Å². The molecule has 0 aliphatic heterocycles. The number of halogens is 1. The van der Waals surface area contributed by atoms with Crippen LogP contribution >= 0.6 is 15.9 Å². The van der Waals surface area contributed by atoms with Crippen LogP contribution in [0, 0.1) is 11.3 Å². The predicted octanol–water partition coefficient (Wildman–Crippen LogP) is 3.82. The number of hydrogen-bond donors (Lipinski definition) is 1. The first-order valence-electron chi connectivity index (χ1n) is 5.24. The van der Waals surface area contributed by atoms with E-state index in [0.29, 0.717) is 11.5 Å². The van der Waals surface area contributed by atoms with Crippen LogP contribution in [-0.2, 0) is 0 Å².